The second kappa shape index (κ2) is 9.02. The normalized spacial score (nSPS) is 15.2. The standard InChI is InChI=1S/C19H20BrFN2O4S/c20-14-4-9-18(17(21)12-14)22-19(24)13-27-15-5-7-16(8-6-15)28(25,26)23-10-2-1-3-11-23/h4-9,12H,1-3,10-11,13H2,(H,22,24). The van der Waals surface area contributed by atoms with Gasteiger partial charge in [0.1, 0.15) is 11.6 Å². The molecule has 2 aromatic rings. The van der Waals surface area contributed by atoms with Crippen molar-refractivity contribution in [3.8, 4) is 5.75 Å². The summed E-state index contributed by atoms with van der Waals surface area (Å²) in [6.07, 6.45) is 2.79. The highest BCUT2D eigenvalue weighted by atomic mass is 79.9. The molecule has 0 spiro atoms. The van der Waals surface area contributed by atoms with Crippen LogP contribution in [-0.2, 0) is 14.8 Å². The summed E-state index contributed by atoms with van der Waals surface area (Å²) < 4.78 is 46.4. The number of rotatable bonds is 6. The first-order valence-corrected chi connectivity index (χ1v) is 11.1. The van der Waals surface area contributed by atoms with E-state index in [0.29, 0.717) is 23.3 Å². The van der Waals surface area contributed by atoms with Crippen molar-refractivity contribution in [1.29, 1.82) is 0 Å². The smallest absolute Gasteiger partial charge is 0.262 e. The van der Waals surface area contributed by atoms with Crippen molar-refractivity contribution < 1.29 is 22.3 Å². The van der Waals surface area contributed by atoms with E-state index in [2.05, 4.69) is 21.2 Å². The molecule has 0 bridgehead atoms. The minimum atomic E-state index is -3.51. The summed E-state index contributed by atoms with van der Waals surface area (Å²) in [7, 11) is -3.51. The monoisotopic (exact) mass is 470 g/mol. The highest BCUT2D eigenvalue weighted by Crippen LogP contribution is 2.23. The Labute approximate surface area is 171 Å². The number of nitrogens with zero attached hydrogens (tertiary/aromatic N) is 1. The Morgan fingerprint density at radius 2 is 1.79 bits per heavy atom. The van der Waals surface area contributed by atoms with Gasteiger partial charge in [0.15, 0.2) is 6.61 Å². The van der Waals surface area contributed by atoms with E-state index in [4.69, 9.17) is 4.74 Å². The van der Waals surface area contributed by atoms with E-state index in [0.717, 1.165) is 19.3 Å². The average Bonchev–Trinajstić information content (AvgIpc) is 2.69. The Morgan fingerprint density at radius 1 is 1.11 bits per heavy atom. The van der Waals surface area contributed by atoms with E-state index in [1.807, 2.05) is 0 Å². The number of piperidine rings is 1. The van der Waals surface area contributed by atoms with Gasteiger partial charge < -0.3 is 10.1 Å². The summed E-state index contributed by atoms with van der Waals surface area (Å²) in [6, 6.07) is 10.2. The number of carbonyl (C=O) groups is 1. The third kappa shape index (κ3) is 5.09. The molecule has 1 aliphatic rings. The zero-order valence-corrected chi connectivity index (χ0v) is 17.4. The lowest BCUT2D eigenvalue weighted by Crippen LogP contribution is -2.35. The van der Waals surface area contributed by atoms with Gasteiger partial charge in [-0.3, -0.25) is 4.79 Å². The molecule has 1 heterocycles. The number of hydrogen-bond donors (Lipinski definition) is 1. The molecule has 0 atom stereocenters. The molecule has 0 saturated carbocycles. The van der Waals surface area contributed by atoms with Crippen LogP contribution in [0.5, 0.6) is 5.75 Å². The number of halogens is 2. The van der Waals surface area contributed by atoms with Crippen LogP contribution in [0.4, 0.5) is 10.1 Å². The molecule has 150 valence electrons. The van der Waals surface area contributed by atoms with Gasteiger partial charge in [-0.2, -0.15) is 4.31 Å². The zero-order valence-electron chi connectivity index (χ0n) is 15.0. The van der Waals surface area contributed by atoms with E-state index in [-0.39, 0.29) is 17.2 Å². The van der Waals surface area contributed by atoms with E-state index in [1.165, 1.54) is 40.7 Å². The van der Waals surface area contributed by atoms with Crippen LogP contribution in [0.1, 0.15) is 19.3 Å². The summed E-state index contributed by atoms with van der Waals surface area (Å²) in [5, 5.41) is 2.42. The Balaban J connectivity index is 1.57. The van der Waals surface area contributed by atoms with Crippen molar-refractivity contribution in [1.82, 2.24) is 4.31 Å². The highest BCUT2D eigenvalue weighted by Gasteiger charge is 2.25. The molecule has 6 nitrogen and oxygen atoms in total. The third-order valence-electron chi connectivity index (χ3n) is 4.35. The second-order valence-corrected chi connectivity index (χ2v) is 9.25. The predicted octanol–water partition coefficient (Wildman–Crippen LogP) is 3.78. The first-order chi connectivity index (χ1) is 13.4. The second-order valence-electron chi connectivity index (χ2n) is 6.40. The molecule has 0 unspecified atom stereocenters. The van der Waals surface area contributed by atoms with Crippen LogP contribution in [0.25, 0.3) is 0 Å². The fraction of sp³-hybridized carbons (Fsp3) is 0.316. The predicted molar refractivity (Wildman–Crippen MR) is 107 cm³/mol. The van der Waals surface area contributed by atoms with Gasteiger partial charge in [-0.05, 0) is 55.3 Å². The van der Waals surface area contributed by atoms with Gasteiger partial charge in [-0.25, -0.2) is 12.8 Å². The largest absolute Gasteiger partial charge is 0.484 e. The highest BCUT2D eigenvalue weighted by molar-refractivity contribution is 9.10. The molecular formula is C19H20BrFN2O4S. The lowest BCUT2D eigenvalue weighted by molar-refractivity contribution is -0.118. The van der Waals surface area contributed by atoms with Gasteiger partial charge in [-0.15, -0.1) is 0 Å². The lowest BCUT2D eigenvalue weighted by Gasteiger charge is -2.25. The van der Waals surface area contributed by atoms with E-state index in [1.54, 1.807) is 6.07 Å². The van der Waals surface area contributed by atoms with Gasteiger partial charge >= 0.3 is 0 Å². The number of sulfonamides is 1. The number of ether oxygens (including phenoxy) is 1. The number of anilines is 1. The minimum Gasteiger partial charge on any atom is -0.484 e. The van der Waals surface area contributed by atoms with Gasteiger partial charge in [0.25, 0.3) is 5.91 Å². The Morgan fingerprint density at radius 3 is 2.43 bits per heavy atom. The van der Waals surface area contributed by atoms with E-state index >= 15 is 0 Å². The van der Waals surface area contributed by atoms with Crippen molar-refractivity contribution in [2.24, 2.45) is 0 Å². The first kappa shape index (κ1) is 20.8. The summed E-state index contributed by atoms with van der Waals surface area (Å²) in [5.41, 5.74) is 0.0553. The molecule has 1 amide bonds. The summed E-state index contributed by atoms with van der Waals surface area (Å²) in [5.74, 6) is -0.731. The van der Waals surface area contributed by atoms with Crippen LogP contribution >= 0.6 is 15.9 Å². The molecule has 0 radical (unpaired) electrons. The van der Waals surface area contributed by atoms with E-state index < -0.39 is 21.7 Å². The molecule has 2 aromatic carbocycles. The van der Waals surface area contributed by atoms with Gasteiger partial charge in [0.05, 0.1) is 10.6 Å². The molecular weight excluding hydrogens is 451 g/mol. The topological polar surface area (TPSA) is 75.7 Å². The Bertz CT molecular complexity index is 945. The molecule has 1 aliphatic heterocycles. The summed E-state index contributed by atoms with van der Waals surface area (Å²) in [4.78, 5) is 12.1. The maximum absolute atomic E-state index is 13.7. The average molecular weight is 471 g/mol. The van der Waals surface area contributed by atoms with Crippen LogP contribution < -0.4 is 10.1 Å². The van der Waals surface area contributed by atoms with Crippen molar-refractivity contribution in [2.45, 2.75) is 24.2 Å². The maximum Gasteiger partial charge on any atom is 0.262 e. The van der Waals surface area contributed by atoms with Crippen LogP contribution in [0, 0.1) is 5.82 Å². The molecule has 9 heteroatoms. The molecule has 1 fully saturated rings. The van der Waals surface area contributed by atoms with Gasteiger partial charge in [0.2, 0.25) is 10.0 Å². The quantitative estimate of drug-likeness (QED) is 0.696. The van der Waals surface area contributed by atoms with Gasteiger partial charge in [0, 0.05) is 17.6 Å². The summed E-state index contributed by atoms with van der Waals surface area (Å²) >= 11 is 3.15. The van der Waals surface area contributed by atoms with E-state index in [9.17, 15) is 17.6 Å². The van der Waals surface area contributed by atoms with Crippen LogP contribution in [-0.4, -0.2) is 38.3 Å². The van der Waals surface area contributed by atoms with Crippen molar-refractivity contribution in [3.05, 3.63) is 52.8 Å². The number of amides is 1. The Kier molecular flexibility index (Phi) is 6.69. The molecule has 0 aromatic heterocycles. The Hall–Kier alpha value is -1.97. The number of nitrogens with one attached hydrogen (secondary N) is 1. The lowest BCUT2D eigenvalue weighted by atomic mass is 10.2. The van der Waals surface area contributed by atoms with Crippen molar-refractivity contribution >= 4 is 37.5 Å². The fourth-order valence-corrected chi connectivity index (χ4v) is 4.74. The molecule has 3 rings (SSSR count). The first-order valence-electron chi connectivity index (χ1n) is 8.84. The molecule has 0 aliphatic carbocycles. The zero-order chi connectivity index (χ0) is 20.1. The van der Waals surface area contributed by atoms with Crippen molar-refractivity contribution in [3.63, 3.8) is 0 Å². The number of carbonyl (C=O) groups excluding carboxylic acids is 1. The molecule has 1 saturated heterocycles. The molecule has 1 N–H and O–H groups in total. The van der Waals surface area contributed by atoms with Crippen LogP contribution in [0.3, 0.4) is 0 Å². The summed E-state index contributed by atoms with van der Waals surface area (Å²) in [6.45, 7) is 0.745. The van der Waals surface area contributed by atoms with Crippen LogP contribution in [0.2, 0.25) is 0 Å². The molecule has 28 heavy (non-hydrogen) atoms. The fourth-order valence-electron chi connectivity index (χ4n) is 2.89. The SMILES string of the molecule is O=C(COc1ccc(S(=O)(=O)N2CCCCC2)cc1)Nc1ccc(Br)cc1F. The number of benzene rings is 2. The maximum atomic E-state index is 13.7. The third-order valence-corrected chi connectivity index (χ3v) is 6.76. The van der Waals surface area contributed by atoms with Crippen molar-refractivity contribution in [2.75, 3.05) is 25.0 Å². The van der Waals surface area contributed by atoms with Crippen LogP contribution in [0.15, 0.2) is 51.8 Å². The minimum absolute atomic E-state index is 0.0553. The van der Waals surface area contributed by atoms with Gasteiger partial charge in [-0.1, -0.05) is 22.4 Å². The number of hydrogen-bond acceptors (Lipinski definition) is 4.